The van der Waals surface area contributed by atoms with Gasteiger partial charge in [0.15, 0.2) is 0 Å². The third-order valence-electron chi connectivity index (χ3n) is 3.11. The third-order valence-corrected chi connectivity index (χ3v) is 3.11. The van der Waals surface area contributed by atoms with Crippen molar-refractivity contribution in [2.24, 2.45) is 5.73 Å². The lowest BCUT2D eigenvalue weighted by Crippen LogP contribution is -2.26. The van der Waals surface area contributed by atoms with Gasteiger partial charge in [-0.05, 0) is 43.5 Å². The number of rotatable bonds is 7. The van der Waals surface area contributed by atoms with E-state index in [-0.39, 0.29) is 5.91 Å². The molecule has 0 aromatic heterocycles. The standard InChI is InChI=1S/C15H24N2O/c1-3-4-6-13-8-10-14(11-9-13)17(2)15(18)7-5-12-16/h8-11H,3-7,12,16H2,1-2H3. The average molecular weight is 248 g/mol. The van der Waals surface area contributed by atoms with Crippen molar-refractivity contribution in [3.8, 4) is 0 Å². The van der Waals surface area contributed by atoms with Crippen LogP contribution in [0.5, 0.6) is 0 Å². The maximum atomic E-state index is 11.8. The zero-order valence-corrected chi connectivity index (χ0v) is 11.5. The predicted molar refractivity (Wildman–Crippen MR) is 76.8 cm³/mol. The Balaban J connectivity index is 2.58. The van der Waals surface area contributed by atoms with E-state index in [1.807, 2.05) is 19.2 Å². The van der Waals surface area contributed by atoms with Crippen LogP contribution in [0, 0.1) is 0 Å². The molecule has 3 heteroatoms. The van der Waals surface area contributed by atoms with E-state index in [4.69, 9.17) is 5.73 Å². The van der Waals surface area contributed by atoms with Crippen molar-refractivity contribution in [1.82, 2.24) is 0 Å². The van der Waals surface area contributed by atoms with Gasteiger partial charge in [-0.1, -0.05) is 25.5 Å². The van der Waals surface area contributed by atoms with Crippen molar-refractivity contribution >= 4 is 11.6 Å². The fourth-order valence-electron chi connectivity index (χ4n) is 1.83. The highest BCUT2D eigenvalue weighted by atomic mass is 16.2. The first-order chi connectivity index (χ1) is 8.69. The molecular formula is C15H24N2O. The van der Waals surface area contributed by atoms with Crippen molar-refractivity contribution in [2.45, 2.75) is 39.0 Å². The normalized spacial score (nSPS) is 10.4. The van der Waals surface area contributed by atoms with E-state index >= 15 is 0 Å². The minimum absolute atomic E-state index is 0.127. The summed E-state index contributed by atoms with van der Waals surface area (Å²) in [5.74, 6) is 0.127. The molecule has 100 valence electrons. The molecule has 0 atom stereocenters. The van der Waals surface area contributed by atoms with Crippen LogP contribution in [0.4, 0.5) is 5.69 Å². The molecular weight excluding hydrogens is 224 g/mol. The van der Waals surface area contributed by atoms with Crippen LogP contribution in [0.25, 0.3) is 0 Å². The minimum Gasteiger partial charge on any atom is -0.330 e. The molecule has 0 bridgehead atoms. The van der Waals surface area contributed by atoms with Crippen LogP contribution in [0.3, 0.4) is 0 Å². The molecule has 1 aromatic rings. The first-order valence-corrected chi connectivity index (χ1v) is 6.74. The van der Waals surface area contributed by atoms with Gasteiger partial charge in [0.1, 0.15) is 0 Å². The number of carbonyl (C=O) groups is 1. The Morgan fingerprint density at radius 2 is 1.89 bits per heavy atom. The lowest BCUT2D eigenvalue weighted by atomic mass is 10.1. The van der Waals surface area contributed by atoms with Crippen molar-refractivity contribution in [3.63, 3.8) is 0 Å². The molecule has 0 aliphatic carbocycles. The van der Waals surface area contributed by atoms with Gasteiger partial charge in [-0.3, -0.25) is 4.79 Å². The first kappa shape index (κ1) is 14.7. The Kier molecular flexibility index (Phi) is 6.44. The Morgan fingerprint density at radius 3 is 2.44 bits per heavy atom. The van der Waals surface area contributed by atoms with E-state index in [1.165, 1.54) is 18.4 Å². The molecule has 18 heavy (non-hydrogen) atoms. The molecule has 0 unspecified atom stereocenters. The van der Waals surface area contributed by atoms with Crippen LogP contribution in [0.15, 0.2) is 24.3 Å². The van der Waals surface area contributed by atoms with Crippen LogP contribution in [0.2, 0.25) is 0 Å². The van der Waals surface area contributed by atoms with Crippen molar-refractivity contribution in [2.75, 3.05) is 18.5 Å². The number of nitrogens with zero attached hydrogens (tertiary/aromatic N) is 1. The highest BCUT2D eigenvalue weighted by Gasteiger charge is 2.09. The molecule has 1 amide bonds. The Morgan fingerprint density at radius 1 is 1.22 bits per heavy atom. The van der Waals surface area contributed by atoms with Crippen molar-refractivity contribution < 1.29 is 4.79 Å². The van der Waals surface area contributed by atoms with E-state index < -0.39 is 0 Å². The molecule has 3 nitrogen and oxygen atoms in total. The molecule has 2 N–H and O–H groups in total. The van der Waals surface area contributed by atoms with Crippen LogP contribution in [-0.4, -0.2) is 19.5 Å². The number of anilines is 1. The number of hydrogen-bond acceptors (Lipinski definition) is 2. The highest BCUT2D eigenvalue weighted by Crippen LogP contribution is 2.16. The quantitative estimate of drug-likeness (QED) is 0.806. The van der Waals surface area contributed by atoms with Crippen molar-refractivity contribution in [1.29, 1.82) is 0 Å². The monoisotopic (exact) mass is 248 g/mol. The van der Waals surface area contributed by atoms with Gasteiger partial charge >= 0.3 is 0 Å². The zero-order valence-electron chi connectivity index (χ0n) is 11.5. The topological polar surface area (TPSA) is 46.3 Å². The minimum atomic E-state index is 0.127. The smallest absolute Gasteiger partial charge is 0.226 e. The summed E-state index contributed by atoms with van der Waals surface area (Å²) in [4.78, 5) is 13.5. The summed E-state index contributed by atoms with van der Waals surface area (Å²) in [6, 6.07) is 8.26. The second-order valence-electron chi connectivity index (χ2n) is 4.61. The lowest BCUT2D eigenvalue weighted by molar-refractivity contribution is -0.118. The Hall–Kier alpha value is -1.35. The van der Waals surface area contributed by atoms with E-state index in [2.05, 4.69) is 19.1 Å². The zero-order chi connectivity index (χ0) is 13.4. The third kappa shape index (κ3) is 4.49. The van der Waals surface area contributed by atoms with Crippen molar-refractivity contribution in [3.05, 3.63) is 29.8 Å². The summed E-state index contributed by atoms with van der Waals surface area (Å²) >= 11 is 0. The SMILES string of the molecule is CCCCc1ccc(N(C)C(=O)CCCN)cc1. The van der Waals surface area contributed by atoms with Gasteiger partial charge in [-0.25, -0.2) is 0 Å². The largest absolute Gasteiger partial charge is 0.330 e. The summed E-state index contributed by atoms with van der Waals surface area (Å²) in [7, 11) is 1.82. The molecule has 0 saturated heterocycles. The molecule has 0 aliphatic rings. The number of hydrogen-bond donors (Lipinski definition) is 1. The van der Waals surface area contributed by atoms with E-state index in [0.717, 1.165) is 18.5 Å². The maximum absolute atomic E-state index is 11.8. The van der Waals surface area contributed by atoms with Gasteiger partial charge in [0.25, 0.3) is 0 Å². The van der Waals surface area contributed by atoms with Gasteiger partial charge in [-0.15, -0.1) is 0 Å². The fourth-order valence-corrected chi connectivity index (χ4v) is 1.83. The Labute approximate surface area is 110 Å². The molecule has 0 radical (unpaired) electrons. The number of amides is 1. The average Bonchev–Trinajstić information content (AvgIpc) is 2.42. The molecule has 1 rings (SSSR count). The highest BCUT2D eigenvalue weighted by molar-refractivity contribution is 5.92. The summed E-state index contributed by atoms with van der Waals surface area (Å²) in [6.07, 6.45) is 4.80. The molecule has 0 saturated carbocycles. The molecule has 0 spiro atoms. The van der Waals surface area contributed by atoms with Gasteiger partial charge in [0, 0.05) is 19.2 Å². The van der Waals surface area contributed by atoms with Gasteiger partial charge in [0.2, 0.25) is 5.91 Å². The van der Waals surface area contributed by atoms with E-state index in [0.29, 0.717) is 13.0 Å². The van der Waals surface area contributed by atoms with Crippen LogP contribution >= 0.6 is 0 Å². The molecule has 0 fully saturated rings. The fraction of sp³-hybridized carbons (Fsp3) is 0.533. The number of nitrogens with two attached hydrogens (primary N) is 1. The van der Waals surface area contributed by atoms with Crippen LogP contribution in [0.1, 0.15) is 38.2 Å². The first-order valence-electron chi connectivity index (χ1n) is 6.74. The Bertz CT molecular complexity index is 359. The maximum Gasteiger partial charge on any atom is 0.226 e. The summed E-state index contributed by atoms with van der Waals surface area (Å²) < 4.78 is 0. The van der Waals surface area contributed by atoms with Crippen LogP contribution < -0.4 is 10.6 Å². The van der Waals surface area contributed by atoms with Gasteiger partial charge in [0.05, 0.1) is 0 Å². The lowest BCUT2D eigenvalue weighted by Gasteiger charge is -2.17. The number of carbonyl (C=O) groups excluding carboxylic acids is 1. The molecule has 1 aromatic carbocycles. The van der Waals surface area contributed by atoms with Gasteiger partial charge in [-0.2, -0.15) is 0 Å². The molecule has 0 aliphatic heterocycles. The number of unbranched alkanes of at least 4 members (excludes halogenated alkanes) is 1. The van der Waals surface area contributed by atoms with E-state index in [9.17, 15) is 4.79 Å². The second-order valence-corrected chi connectivity index (χ2v) is 4.61. The summed E-state index contributed by atoms with van der Waals surface area (Å²) in [5.41, 5.74) is 7.70. The van der Waals surface area contributed by atoms with E-state index in [1.54, 1.807) is 4.90 Å². The van der Waals surface area contributed by atoms with Crippen LogP contribution in [-0.2, 0) is 11.2 Å². The number of aryl methyl sites for hydroxylation is 1. The number of benzene rings is 1. The van der Waals surface area contributed by atoms with Gasteiger partial charge < -0.3 is 10.6 Å². The predicted octanol–water partition coefficient (Wildman–Crippen LogP) is 2.73. The molecule has 0 heterocycles. The summed E-state index contributed by atoms with van der Waals surface area (Å²) in [6.45, 7) is 2.76. The second kappa shape index (κ2) is 7.88. The summed E-state index contributed by atoms with van der Waals surface area (Å²) in [5, 5.41) is 0.